The van der Waals surface area contributed by atoms with Crippen LogP contribution in [0.4, 0.5) is 13.2 Å². The molecule has 2 aromatic carbocycles. The zero-order valence-corrected chi connectivity index (χ0v) is 15.2. The highest BCUT2D eigenvalue weighted by Crippen LogP contribution is 2.31. The standard InChI is InChI=1S/C21H23F3N2O/c1-26-13-6-5-12-18(26)19(15-8-3-2-4-9-15)25-20(27)16-10-7-11-17(14-16)21(22,23)24/h2-4,7-11,14,18-19H,5-6,12-13H2,1H3,(H,25,27)/t18-,19-/m0/s1. The van der Waals surface area contributed by atoms with E-state index >= 15 is 0 Å². The number of hydrogen-bond acceptors (Lipinski definition) is 2. The molecule has 1 saturated heterocycles. The summed E-state index contributed by atoms with van der Waals surface area (Å²) in [6, 6.07) is 14.0. The maximum atomic E-state index is 13.0. The van der Waals surface area contributed by atoms with Crippen molar-refractivity contribution in [3.63, 3.8) is 0 Å². The summed E-state index contributed by atoms with van der Waals surface area (Å²) in [6.45, 7) is 0.938. The van der Waals surface area contributed by atoms with E-state index in [9.17, 15) is 18.0 Å². The summed E-state index contributed by atoms with van der Waals surface area (Å²) in [5.74, 6) is -0.492. The van der Waals surface area contributed by atoms with E-state index in [1.807, 2.05) is 37.4 Å². The molecule has 1 amide bonds. The van der Waals surface area contributed by atoms with E-state index in [0.29, 0.717) is 0 Å². The molecule has 2 aromatic rings. The summed E-state index contributed by atoms with van der Waals surface area (Å²) in [7, 11) is 2.02. The van der Waals surface area contributed by atoms with Gasteiger partial charge in [-0.1, -0.05) is 42.8 Å². The maximum Gasteiger partial charge on any atom is 0.416 e. The quantitative estimate of drug-likeness (QED) is 0.842. The van der Waals surface area contributed by atoms with Crippen LogP contribution in [0.25, 0.3) is 0 Å². The maximum absolute atomic E-state index is 13.0. The zero-order valence-electron chi connectivity index (χ0n) is 15.2. The first-order valence-corrected chi connectivity index (χ1v) is 9.09. The Kier molecular flexibility index (Phi) is 5.85. The molecule has 3 nitrogen and oxygen atoms in total. The van der Waals surface area contributed by atoms with E-state index in [4.69, 9.17) is 0 Å². The Balaban J connectivity index is 1.87. The third-order valence-corrected chi connectivity index (χ3v) is 5.11. The van der Waals surface area contributed by atoms with Crippen LogP contribution in [0.3, 0.4) is 0 Å². The van der Waals surface area contributed by atoms with Crippen LogP contribution in [-0.4, -0.2) is 30.4 Å². The highest BCUT2D eigenvalue weighted by Gasteiger charge is 2.32. The predicted molar refractivity (Wildman–Crippen MR) is 98.4 cm³/mol. The van der Waals surface area contributed by atoms with Gasteiger partial charge in [0.05, 0.1) is 11.6 Å². The SMILES string of the molecule is CN1CCCC[C@H]1[C@@H](NC(=O)c1cccc(C(F)(F)F)c1)c1ccccc1. The highest BCUT2D eigenvalue weighted by atomic mass is 19.4. The molecular weight excluding hydrogens is 353 g/mol. The number of carbonyl (C=O) groups excluding carboxylic acids is 1. The van der Waals surface area contributed by atoms with Crippen molar-refractivity contribution in [1.82, 2.24) is 10.2 Å². The van der Waals surface area contributed by atoms with Crippen LogP contribution in [0.1, 0.15) is 46.8 Å². The molecule has 1 heterocycles. The van der Waals surface area contributed by atoms with Crippen molar-refractivity contribution < 1.29 is 18.0 Å². The largest absolute Gasteiger partial charge is 0.416 e. The average molecular weight is 376 g/mol. The number of nitrogens with zero attached hydrogens (tertiary/aromatic N) is 1. The fourth-order valence-corrected chi connectivity index (χ4v) is 3.65. The van der Waals surface area contributed by atoms with Crippen molar-refractivity contribution in [2.45, 2.75) is 37.5 Å². The second-order valence-electron chi connectivity index (χ2n) is 6.98. The molecule has 0 unspecified atom stereocenters. The van der Waals surface area contributed by atoms with Gasteiger partial charge in [-0.2, -0.15) is 13.2 Å². The second kappa shape index (κ2) is 8.13. The number of hydrogen-bond donors (Lipinski definition) is 1. The fraction of sp³-hybridized carbons (Fsp3) is 0.381. The number of halogens is 3. The molecule has 0 spiro atoms. The van der Waals surface area contributed by atoms with E-state index in [2.05, 4.69) is 10.2 Å². The van der Waals surface area contributed by atoms with Gasteiger partial charge in [0.15, 0.2) is 0 Å². The molecule has 27 heavy (non-hydrogen) atoms. The van der Waals surface area contributed by atoms with Crippen LogP contribution >= 0.6 is 0 Å². The molecule has 144 valence electrons. The fourth-order valence-electron chi connectivity index (χ4n) is 3.65. The van der Waals surface area contributed by atoms with E-state index < -0.39 is 17.6 Å². The normalized spacial score (nSPS) is 19.5. The topological polar surface area (TPSA) is 32.3 Å². The number of benzene rings is 2. The van der Waals surface area contributed by atoms with Crippen molar-refractivity contribution >= 4 is 5.91 Å². The third-order valence-electron chi connectivity index (χ3n) is 5.11. The van der Waals surface area contributed by atoms with E-state index in [1.165, 1.54) is 12.1 Å². The third kappa shape index (κ3) is 4.69. The first-order valence-electron chi connectivity index (χ1n) is 9.09. The van der Waals surface area contributed by atoms with Crippen LogP contribution < -0.4 is 5.32 Å². The number of carbonyl (C=O) groups is 1. The van der Waals surface area contributed by atoms with Gasteiger partial charge in [-0.15, -0.1) is 0 Å². The Labute approximate surface area is 157 Å². The molecule has 3 rings (SSSR count). The first-order chi connectivity index (χ1) is 12.9. The van der Waals surface area contributed by atoms with Gasteiger partial charge in [0.1, 0.15) is 0 Å². The van der Waals surface area contributed by atoms with Crippen LogP contribution in [0.2, 0.25) is 0 Å². The number of rotatable bonds is 4. The number of likely N-dealkylation sites (N-methyl/N-ethyl adjacent to an activating group) is 1. The van der Waals surface area contributed by atoms with Gasteiger partial charge in [-0.25, -0.2) is 0 Å². The minimum absolute atomic E-state index is 0.0178. The van der Waals surface area contributed by atoms with Gasteiger partial charge < -0.3 is 10.2 Å². The monoisotopic (exact) mass is 376 g/mol. The zero-order chi connectivity index (χ0) is 19.4. The minimum Gasteiger partial charge on any atom is -0.344 e. The van der Waals surface area contributed by atoms with Crippen LogP contribution in [0.15, 0.2) is 54.6 Å². The molecule has 1 aliphatic heterocycles. The van der Waals surface area contributed by atoms with Crippen LogP contribution in [0, 0.1) is 0 Å². The summed E-state index contributed by atoms with van der Waals surface area (Å²) in [5.41, 5.74) is 0.155. The van der Waals surface area contributed by atoms with E-state index in [1.54, 1.807) is 0 Å². The summed E-state index contributed by atoms with van der Waals surface area (Å²) >= 11 is 0. The highest BCUT2D eigenvalue weighted by molar-refractivity contribution is 5.94. The van der Waals surface area contributed by atoms with Gasteiger partial charge in [-0.3, -0.25) is 4.79 Å². The van der Waals surface area contributed by atoms with E-state index in [-0.39, 0.29) is 17.6 Å². The van der Waals surface area contributed by atoms with Crippen molar-refractivity contribution in [3.8, 4) is 0 Å². The van der Waals surface area contributed by atoms with Gasteiger partial charge in [0.2, 0.25) is 0 Å². The van der Waals surface area contributed by atoms with Crippen molar-refractivity contribution in [2.24, 2.45) is 0 Å². The molecular formula is C21H23F3N2O. The van der Waals surface area contributed by atoms with Gasteiger partial charge in [-0.05, 0) is 50.2 Å². The number of alkyl halides is 3. The lowest BCUT2D eigenvalue weighted by Crippen LogP contribution is -2.47. The molecule has 0 saturated carbocycles. The Bertz CT molecular complexity index is 776. The lowest BCUT2D eigenvalue weighted by Gasteiger charge is -2.38. The predicted octanol–water partition coefficient (Wildman–Crippen LogP) is 4.66. The molecule has 0 aromatic heterocycles. The Hall–Kier alpha value is -2.34. The van der Waals surface area contributed by atoms with Crippen LogP contribution in [-0.2, 0) is 6.18 Å². The molecule has 2 atom stereocenters. The molecule has 1 N–H and O–H groups in total. The van der Waals surface area contributed by atoms with Gasteiger partial charge in [0.25, 0.3) is 5.91 Å². The average Bonchev–Trinajstić information content (AvgIpc) is 2.67. The second-order valence-corrected chi connectivity index (χ2v) is 6.98. The molecule has 1 aliphatic rings. The Morgan fingerprint density at radius 1 is 1.11 bits per heavy atom. The smallest absolute Gasteiger partial charge is 0.344 e. The van der Waals surface area contributed by atoms with E-state index in [0.717, 1.165) is 43.5 Å². The Morgan fingerprint density at radius 2 is 1.85 bits per heavy atom. The Morgan fingerprint density at radius 3 is 2.52 bits per heavy atom. The molecule has 0 radical (unpaired) electrons. The van der Waals surface area contributed by atoms with Crippen molar-refractivity contribution in [2.75, 3.05) is 13.6 Å². The van der Waals surface area contributed by atoms with Gasteiger partial charge >= 0.3 is 6.18 Å². The number of amides is 1. The number of nitrogens with one attached hydrogen (secondary N) is 1. The minimum atomic E-state index is -4.47. The first kappa shape index (κ1) is 19.4. The van der Waals surface area contributed by atoms with Gasteiger partial charge in [0, 0.05) is 11.6 Å². The number of piperidine rings is 1. The molecule has 6 heteroatoms. The summed E-state index contributed by atoms with van der Waals surface area (Å²) in [4.78, 5) is 15.0. The molecule has 0 aliphatic carbocycles. The van der Waals surface area contributed by atoms with Crippen molar-refractivity contribution in [1.29, 1.82) is 0 Å². The van der Waals surface area contributed by atoms with Crippen molar-refractivity contribution in [3.05, 3.63) is 71.3 Å². The summed E-state index contributed by atoms with van der Waals surface area (Å²) in [5, 5.41) is 2.98. The van der Waals surface area contributed by atoms with Crippen LogP contribution in [0.5, 0.6) is 0 Å². The molecule has 1 fully saturated rings. The number of likely N-dealkylation sites (tertiary alicyclic amines) is 1. The lowest BCUT2D eigenvalue weighted by molar-refractivity contribution is -0.137. The summed E-state index contributed by atoms with van der Waals surface area (Å²) < 4.78 is 38.9. The molecule has 0 bridgehead atoms. The lowest BCUT2D eigenvalue weighted by atomic mass is 9.91. The summed E-state index contributed by atoms with van der Waals surface area (Å²) in [6.07, 6.45) is -1.37.